The number of ether oxygens (including phenoxy) is 1. The Balaban J connectivity index is 0.00000144. The average Bonchev–Trinajstić information content (AvgIpc) is 3.20. The summed E-state index contributed by atoms with van der Waals surface area (Å²) in [6.07, 6.45) is 3.61. The summed E-state index contributed by atoms with van der Waals surface area (Å²) in [5.41, 5.74) is 4.51. The van der Waals surface area contributed by atoms with Gasteiger partial charge in [0.2, 0.25) is 0 Å². The highest BCUT2D eigenvalue weighted by atomic mass is 19.1. The molecule has 0 unspecified atom stereocenters. The number of halogens is 1. The Kier molecular flexibility index (Phi) is 6.92. The van der Waals surface area contributed by atoms with Crippen LogP contribution in [0.1, 0.15) is 55.1 Å². The van der Waals surface area contributed by atoms with E-state index in [0.29, 0.717) is 46.0 Å². The van der Waals surface area contributed by atoms with Crippen molar-refractivity contribution in [3.8, 4) is 22.8 Å². The fourth-order valence-electron chi connectivity index (χ4n) is 5.69. The van der Waals surface area contributed by atoms with E-state index >= 15 is 4.39 Å². The number of carbonyl (C=O) groups is 1. The molecule has 3 heterocycles. The molecule has 0 atom stereocenters. The van der Waals surface area contributed by atoms with E-state index in [9.17, 15) is 4.79 Å². The number of anilines is 1. The van der Waals surface area contributed by atoms with E-state index in [2.05, 4.69) is 15.6 Å². The fourth-order valence-corrected chi connectivity index (χ4v) is 5.69. The summed E-state index contributed by atoms with van der Waals surface area (Å²) in [6.45, 7) is 8.21. The smallest absolute Gasteiger partial charge is 0.257 e. The summed E-state index contributed by atoms with van der Waals surface area (Å²) < 4.78 is 21.2. The topological polar surface area (TPSA) is 90.3 Å². The minimum atomic E-state index is -0.501. The molecule has 2 fully saturated rings. The molecule has 6 rings (SSSR count). The van der Waals surface area contributed by atoms with Crippen LogP contribution in [0.5, 0.6) is 11.5 Å². The normalized spacial score (nSPS) is 17.2. The van der Waals surface area contributed by atoms with Crippen LogP contribution in [0.25, 0.3) is 11.3 Å². The van der Waals surface area contributed by atoms with Crippen LogP contribution in [0.15, 0.2) is 48.7 Å². The number of hydrogen-bond donors (Lipinski definition) is 3. The number of amides is 1. The number of hydrogen-bond acceptors (Lipinski definition) is 6. The second-order valence-electron chi connectivity index (χ2n) is 10.2. The first kappa shape index (κ1) is 25.9. The molecule has 3 N–H and O–H groups in total. The van der Waals surface area contributed by atoms with Crippen molar-refractivity contribution >= 4 is 17.3 Å². The van der Waals surface area contributed by atoms with Gasteiger partial charge >= 0.3 is 0 Å². The first-order chi connectivity index (χ1) is 18.4. The minimum Gasteiger partial charge on any atom is -0.457 e. The molecule has 8 heteroatoms. The van der Waals surface area contributed by atoms with Crippen LogP contribution in [0.3, 0.4) is 0 Å². The molecule has 1 spiro atoms. The summed E-state index contributed by atoms with van der Waals surface area (Å²) in [6, 6.07) is 12.5. The quantitative estimate of drug-likeness (QED) is 0.359. The largest absolute Gasteiger partial charge is 0.457 e. The lowest BCUT2D eigenvalue weighted by atomic mass is 9.61. The predicted octanol–water partition coefficient (Wildman–Crippen LogP) is 5.84. The Morgan fingerprint density at radius 3 is 2.55 bits per heavy atom. The van der Waals surface area contributed by atoms with Gasteiger partial charge in [0.05, 0.1) is 11.3 Å². The third kappa shape index (κ3) is 4.53. The standard InChI is InChI=1S/C28H28FN5O2.C2H6/c1-16(30)22-4-3-20(10-25(22)31-2)36-21-5-6-33-24(9-21)17-7-18-13-34(27(35)26(18)23(29)8-17)19-11-28(12-19)14-32-15-28;1-2/h3-10,19,30-32H,11-15H2,1-2H3;1-2H3. The van der Waals surface area contributed by atoms with Crippen molar-refractivity contribution < 1.29 is 13.9 Å². The molecular formula is C30H34FN5O2. The van der Waals surface area contributed by atoms with Crippen LogP contribution in [-0.4, -0.2) is 47.7 Å². The van der Waals surface area contributed by atoms with Crippen LogP contribution in [0.2, 0.25) is 0 Å². The molecule has 198 valence electrons. The molecule has 2 aliphatic heterocycles. The van der Waals surface area contributed by atoms with Crippen molar-refractivity contribution in [3.05, 3.63) is 71.2 Å². The van der Waals surface area contributed by atoms with Crippen LogP contribution in [0, 0.1) is 16.6 Å². The molecule has 7 nitrogen and oxygen atoms in total. The van der Waals surface area contributed by atoms with Crippen molar-refractivity contribution in [2.45, 2.75) is 46.2 Å². The van der Waals surface area contributed by atoms with Crippen LogP contribution >= 0.6 is 0 Å². The van der Waals surface area contributed by atoms with Crippen molar-refractivity contribution in [2.75, 3.05) is 25.5 Å². The fraction of sp³-hybridized carbons (Fsp3) is 0.367. The Morgan fingerprint density at radius 1 is 1.16 bits per heavy atom. The van der Waals surface area contributed by atoms with Crippen molar-refractivity contribution in [3.63, 3.8) is 0 Å². The second kappa shape index (κ2) is 10.2. The van der Waals surface area contributed by atoms with E-state index in [1.165, 1.54) is 6.07 Å². The molecular weight excluding hydrogens is 481 g/mol. The molecule has 3 aliphatic rings. The zero-order chi connectivity index (χ0) is 27.0. The summed E-state index contributed by atoms with van der Waals surface area (Å²) in [7, 11) is 1.80. The number of rotatable bonds is 6. The van der Waals surface area contributed by atoms with Crippen molar-refractivity contribution in [1.29, 1.82) is 5.41 Å². The van der Waals surface area contributed by atoms with Crippen molar-refractivity contribution in [2.24, 2.45) is 5.41 Å². The molecule has 2 aromatic carbocycles. The van der Waals surface area contributed by atoms with E-state index in [0.717, 1.165) is 37.2 Å². The average molecular weight is 516 g/mol. The zero-order valence-corrected chi connectivity index (χ0v) is 22.3. The van der Waals surface area contributed by atoms with E-state index < -0.39 is 5.82 Å². The zero-order valence-electron chi connectivity index (χ0n) is 22.3. The molecule has 1 aromatic heterocycles. The lowest BCUT2D eigenvalue weighted by molar-refractivity contribution is -0.0269. The third-order valence-corrected chi connectivity index (χ3v) is 7.69. The summed E-state index contributed by atoms with van der Waals surface area (Å²) in [5, 5.41) is 14.3. The van der Waals surface area contributed by atoms with Gasteiger partial charge in [0.1, 0.15) is 17.3 Å². The number of pyridine rings is 1. The molecule has 1 saturated carbocycles. The maximum absolute atomic E-state index is 15.2. The van der Waals surface area contributed by atoms with Gasteiger partial charge in [-0.2, -0.15) is 0 Å². The number of benzene rings is 2. The van der Waals surface area contributed by atoms with Gasteiger partial charge in [-0.05, 0) is 61.1 Å². The van der Waals surface area contributed by atoms with Crippen LogP contribution in [-0.2, 0) is 6.54 Å². The van der Waals surface area contributed by atoms with Gasteiger partial charge in [0, 0.05) is 73.6 Å². The SMILES string of the molecule is CC.CNc1cc(Oc2ccnc(-c3cc(F)c4c(c3)CN(C3CC5(CNC5)C3)C4=O)c2)ccc1C(C)=N. The maximum Gasteiger partial charge on any atom is 0.257 e. The van der Waals surface area contributed by atoms with E-state index in [4.69, 9.17) is 10.1 Å². The molecule has 38 heavy (non-hydrogen) atoms. The molecule has 0 bridgehead atoms. The second-order valence-corrected chi connectivity index (χ2v) is 10.2. The van der Waals surface area contributed by atoms with Crippen LogP contribution < -0.4 is 15.4 Å². The highest BCUT2D eigenvalue weighted by molar-refractivity contribution is 6.01. The maximum atomic E-state index is 15.2. The van der Waals surface area contributed by atoms with E-state index in [1.807, 2.05) is 43.0 Å². The first-order valence-corrected chi connectivity index (χ1v) is 13.2. The lowest BCUT2D eigenvalue weighted by Crippen LogP contribution is -2.65. The van der Waals surface area contributed by atoms with Gasteiger partial charge in [0.25, 0.3) is 5.91 Å². The number of fused-ring (bicyclic) bond motifs is 1. The van der Waals surface area contributed by atoms with Gasteiger partial charge < -0.3 is 25.7 Å². The highest BCUT2D eigenvalue weighted by Crippen LogP contribution is 2.48. The Morgan fingerprint density at radius 2 is 1.89 bits per heavy atom. The van der Waals surface area contributed by atoms with E-state index in [1.54, 1.807) is 32.3 Å². The van der Waals surface area contributed by atoms with Gasteiger partial charge in [-0.1, -0.05) is 13.8 Å². The highest BCUT2D eigenvalue weighted by Gasteiger charge is 2.52. The van der Waals surface area contributed by atoms with Gasteiger partial charge in [-0.25, -0.2) is 4.39 Å². The number of aromatic nitrogens is 1. The van der Waals surface area contributed by atoms with Crippen LogP contribution in [0.4, 0.5) is 10.1 Å². The van der Waals surface area contributed by atoms with Gasteiger partial charge in [-0.3, -0.25) is 9.78 Å². The third-order valence-electron chi connectivity index (χ3n) is 7.69. The molecule has 1 saturated heterocycles. The van der Waals surface area contributed by atoms with Gasteiger partial charge in [-0.15, -0.1) is 0 Å². The Bertz CT molecular complexity index is 1390. The molecule has 3 aromatic rings. The first-order valence-electron chi connectivity index (χ1n) is 13.2. The Labute approximate surface area is 222 Å². The monoisotopic (exact) mass is 515 g/mol. The van der Waals surface area contributed by atoms with Gasteiger partial charge in [0.15, 0.2) is 0 Å². The molecule has 1 amide bonds. The number of nitrogens with zero attached hydrogens (tertiary/aromatic N) is 2. The minimum absolute atomic E-state index is 0.190. The lowest BCUT2D eigenvalue weighted by Gasteiger charge is -2.56. The Hall–Kier alpha value is -3.78. The summed E-state index contributed by atoms with van der Waals surface area (Å²) in [4.78, 5) is 19.3. The number of carbonyl (C=O) groups excluding carboxylic acids is 1. The summed E-state index contributed by atoms with van der Waals surface area (Å²) in [5.74, 6) is 0.477. The molecule has 0 radical (unpaired) electrons. The molecule has 1 aliphatic carbocycles. The van der Waals surface area contributed by atoms with Crippen molar-refractivity contribution in [1.82, 2.24) is 15.2 Å². The predicted molar refractivity (Wildman–Crippen MR) is 148 cm³/mol. The number of nitrogens with one attached hydrogen (secondary N) is 3. The van der Waals surface area contributed by atoms with E-state index in [-0.39, 0.29) is 17.5 Å². The summed E-state index contributed by atoms with van der Waals surface area (Å²) >= 11 is 0.